The summed E-state index contributed by atoms with van der Waals surface area (Å²) in [5, 5.41) is 2.84. The summed E-state index contributed by atoms with van der Waals surface area (Å²) in [7, 11) is 2.90. The van der Waals surface area contributed by atoms with Gasteiger partial charge in [0.25, 0.3) is 5.91 Å². The Morgan fingerprint density at radius 3 is 2.85 bits per heavy atom. The Morgan fingerprint density at radius 2 is 2.30 bits per heavy atom. The molecule has 1 saturated heterocycles. The summed E-state index contributed by atoms with van der Waals surface area (Å²) < 4.78 is 32.7. The van der Waals surface area contributed by atoms with Crippen molar-refractivity contribution in [3.63, 3.8) is 0 Å². The van der Waals surface area contributed by atoms with Crippen molar-refractivity contribution in [3.8, 4) is 5.75 Å². The quantitative estimate of drug-likeness (QED) is 0.911. The van der Waals surface area contributed by atoms with Crippen molar-refractivity contribution < 1.29 is 18.3 Å². The summed E-state index contributed by atoms with van der Waals surface area (Å²) >= 11 is 0. The van der Waals surface area contributed by atoms with Gasteiger partial charge in [0.2, 0.25) is 5.67 Å². The first kappa shape index (κ1) is 14.7. The number of ether oxygens (including phenoxy) is 1. The van der Waals surface area contributed by atoms with E-state index >= 15 is 0 Å². The van der Waals surface area contributed by atoms with E-state index in [0.29, 0.717) is 12.1 Å². The first-order valence-electron chi connectivity index (χ1n) is 6.44. The average Bonchev–Trinajstić information content (AvgIpc) is 2.86. The second kappa shape index (κ2) is 5.75. The Morgan fingerprint density at radius 1 is 1.55 bits per heavy atom. The highest BCUT2D eigenvalue weighted by Crippen LogP contribution is 2.24. The van der Waals surface area contributed by atoms with E-state index in [-0.39, 0.29) is 25.3 Å². The molecule has 1 aliphatic rings. The Kier molecular flexibility index (Phi) is 4.23. The molecule has 1 N–H and O–H groups in total. The maximum absolute atomic E-state index is 14.3. The highest BCUT2D eigenvalue weighted by atomic mass is 19.1. The predicted molar refractivity (Wildman–Crippen MR) is 70.8 cm³/mol. The summed E-state index contributed by atoms with van der Waals surface area (Å²) in [6.45, 7) is 0.686. The zero-order valence-corrected chi connectivity index (χ0v) is 11.6. The Hall–Kier alpha value is -1.69. The number of methoxy groups -OCH3 is 1. The normalized spacial score (nSPS) is 21.8. The van der Waals surface area contributed by atoms with Crippen LogP contribution >= 0.6 is 0 Å². The number of carbonyl (C=O) groups is 1. The number of carbonyl (C=O) groups excluding carboxylic acids is 1. The fraction of sp³-hybridized carbons (Fsp3) is 0.500. The van der Waals surface area contributed by atoms with Crippen molar-refractivity contribution in [3.05, 3.63) is 29.6 Å². The third-order valence-electron chi connectivity index (χ3n) is 3.47. The highest BCUT2D eigenvalue weighted by molar-refractivity contribution is 5.85. The minimum atomic E-state index is -1.85. The van der Waals surface area contributed by atoms with Gasteiger partial charge in [0.1, 0.15) is 0 Å². The summed E-state index contributed by atoms with van der Waals surface area (Å²) in [6, 6.07) is 4.44. The molecule has 1 aromatic carbocycles. The zero-order valence-electron chi connectivity index (χ0n) is 11.6. The second-order valence-electron chi connectivity index (χ2n) is 5.02. The highest BCUT2D eigenvalue weighted by Gasteiger charge is 2.43. The van der Waals surface area contributed by atoms with Crippen LogP contribution in [0.4, 0.5) is 8.78 Å². The molecule has 20 heavy (non-hydrogen) atoms. The summed E-state index contributed by atoms with van der Waals surface area (Å²) in [5.41, 5.74) is -1.26. The number of hydrogen-bond donors (Lipinski definition) is 1. The van der Waals surface area contributed by atoms with Crippen LogP contribution in [0.1, 0.15) is 12.0 Å². The molecule has 0 aliphatic carbocycles. The number of halogens is 2. The summed E-state index contributed by atoms with van der Waals surface area (Å²) in [4.78, 5) is 13.4. The number of benzene rings is 1. The van der Waals surface area contributed by atoms with Gasteiger partial charge < -0.3 is 15.0 Å². The van der Waals surface area contributed by atoms with Gasteiger partial charge in [-0.15, -0.1) is 0 Å². The van der Waals surface area contributed by atoms with Gasteiger partial charge in [0.15, 0.2) is 11.6 Å². The van der Waals surface area contributed by atoms with E-state index in [1.165, 1.54) is 31.2 Å². The average molecular weight is 284 g/mol. The fourth-order valence-corrected chi connectivity index (χ4v) is 2.34. The molecule has 1 fully saturated rings. The van der Waals surface area contributed by atoms with Crippen LogP contribution < -0.4 is 10.1 Å². The molecule has 1 aliphatic heterocycles. The van der Waals surface area contributed by atoms with Crippen LogP contribution in [0.5, 0.6) is 5.75 Å². The number of nitrogens with one attached hydrogen (secondary N) is 1. The van der Waals surface area contributed by atoms with E-state index in [9.17, 15) is 13.6 Å². The standard InChI is InChI=1S/C14H18F2N2O2/c1-18(13(19)14(16)5-6-17-9-14)8-10-3-4-12(20-2)11(15)7-10/h3-4,7,17H,5-6,8-9H2,1-2H3. The molecule has 0 aromatic heterocycles. The number of alkyl halides is 1. The van der Waals surface area contributed by atoms with Crippen molar-refractivity contribution >= 4 is 5.91 Å². The molecule has 4 nitrogen and oxygen atoms in total. The minimum Gasteiger partial charge on any atom is -0.494 e. The number of amides is 1. The lowest BCUT2D eigenvalue weighted by atomic mass is 10.0. The van der Waals surface area contributed by atoms with Crippen LogP contribution in [0.15, 0.2) is 18.2 Å². The van der Waals surface area contributed by atoms with Crippen LogP contribution in [0.25, 0.3) is 0 Å². The Bertz CT molecular complexity index is 502. The number of hydrogen-bond acceptors (Lipinski definition) is 3. The molecular formula is C14H18F2N2O2. The summed E-state index contributed by atoms with van der Waals surface area (Å²) in [5.74, 6) is -0.924. The van der Waals surface area contributed by atoms with Crippen LogP contribution in [-0.4, -0.2) is 43.7 Å². The molecule has 1 amide bonds. The zero-order chi connectivity index (χ0) is 14.8. The molecule has 6 heteroatoms. The van der Waals surface area contributed by atoms with Gasteiger partial charge in [-0.2, -0.15) is 0 Å². The molecule has 0 spiro atoms. The summed E-state index contributed by atoms with van der Waals surface area (Å²) in [6.07, 6.45) is 0.174. The Labute approximate surface area is 116 Å². The molecule has 0 saturated carbocycles. The van der Waals surface area contributed by atoms with Crippen molar-refractivity contribution in [2.75, 3.05) is 27.2 Å². The van der Waals surface area contributed by atoms with Crippen molar-refractivity contribution in [2.45, 2.75) is 18.6 Å². The van der Waals surface area contributed by atoms with E-state index in [1.54, 1.807) is 6.07 Å². The van der Waals surface area contributed by atoms with Gasteiger partial charge in [-0.3, -0.25) is 4.79 Å². The fourth-order valence-electron chi connectivity index (χ4n) is 2.34. The minimum absolute atomic E-state index is 0.0349. The topological polar surface area (TPSA) is 41.6 Å². The predicted octanol–water partition coefficient (Wildman–Crippen LogP) is 1.49. The first-order valence-corrected chi connectivity index (χ1v) is 6.44. The van der Waals surface area contributed by atoms with Crippen molar-refractivity contribution in [1.82, 2.24) is 10.2 Å². The van der Waals surface area contributed by atoms with Gasteiger partial charge in [-0.05, 0) is 24.2 Å². The third-order valence-corrected chi connectivity index (χ3v) is 3.47. The molecule has 1 unspecified atom stereocenters. The van der Waals surface area contributed by atoms with Crippen LogP contribution in [0.3, 0.4) is 0 Å². The maximum Gasteiger partial charge on any atom is 0.261 e. The van der Waals surface area contributed by atoms with E-state index < -0.39 is 17.4 Å². The van der Waals surface area contributed by atoms with Gasteiger partial charge in [-0.1, -0.05) is 6.07 Å². The third kappa shape index (κ3) is 2.90. The van der Waals surface area contributed by atoms with Crippen LogP contribution in [0.2, 0.25) is 0 Å². The monoisotopic (exact) mass is 284 g/mol. The molecule has 1 heterocycles. The van der Waals surface area contributed by atoms with Crippen LogP contribution in [0, 0.1) is 5.82 Å². The van der Waals surface area contributed by atoms with E-state index in [4.69, 9.17) is 4.74 Å². The van der Waals surface area contributed by atoms with Gasteiger partial charge in [-0.25, -0.2) is 8.78 Å². The SMILES string of the molecule is COc1ccc(CN(C)C(=O)C2(F)CCNC2)cc1F. The molecule has 1 aromatic rings. The number of nitrogens with zero attached hydrogens (tertiary/aromatic N) is 1. The lowest BCUT2D eigenvalue weighted by molar-refractivity contribution is -0.142. The molecule has 2 rings (SSSR count). The lowest BCUT2D eigenvalue weighted by Crippen LogP contribution is -2.45. The van der Waals surface area contributed by atoms with Gasteiger partial charge in [0.05, 0.1) is 7.11 Å². The molecule has 1 atom stereocenters. The van der Waals surface area contributed by atoms with E-state index in [1.807, 2.05) is 0 Å². The first-order chi connectivity index (χ1) is 9.46. The van der Waals surface area contributed by atoms with Crippen molar-refractivity contribution in [2.24, 2.45) is 0 Å². The lowest BCUT2D eigenvalue weighted by Gasteiger charge is -2.25. The van der Waals surface area contributed by atoms with E-state index in [0.717, 1.165) is 0 Å². The van der Waals surface area contributed by atoms with Crippen molar-refractivity contribution in [1.29, 1.82) is 0 Å². The van der Waals surface area contributed by atoms with Crippen LogP contribution in [-0.2, 0) is 11.3 Å². The van der Waals surface area contributed by atoms with Gasteiger partial charge in [0, 0.05) is 26.6 Å². The number of rotatable bonds is 4. The second-order valence-corrected chi connectivity index (χ2v) is 5.02. The molecule has 0 bridgehead atoms. The van der Waals surface area contributed by atoms with E-state index in [2.05, 4.69) is 5.32 Å². The van der Waals surface area contributed by atoms with Gasteiger partial charge >= 0.3 is 0 Å². The Balaban J connectivity index is 2.05. The largest absolute Gasteiger partial charge is 0.494 e. The smallest absolute Gasteiger partial charge is 0.261 e. The molecule has 0 radical (unpaired) electrons. The maximum atomic E-state index is 14.3. The molecule has 110 valence electrons. The molecular weight excluding hydrogens is 266 g/mol.